The van der Waals surface area contributed by atoms with E-state index in [2.05, 4.69) is 58.0 Å². The lowest BCUT2D eigenvalue weighted by molar-refractivity contribution is -0.129. The first-order valence-electron chi connectivity index (χ1n) is 11.4. The van der Waals surface area contributed by atoms with E-state index in [1.54, 1.807) is 5.48 Å². The second-order valence-corrected chi connectivity index (χ2v) is 7.98. The molecule has 0 saturated carbocycles. The van der Waals surface area contributed by atoms with Gasteiger partial charge >= 0.3 is 0 Å². The van der Waals surface area contributed by atoms with Crippen LogP contribution in [0.1, 0.15) is 76.0 Å². The van der Waals surface area contributed by atoms with E-state index in [4.69, 9.17) is 14.7 Å². The second kappa shape index (κ2) is 12.4. The van der Waals surface area contributed by atoms with Gasteiger partial charge in [-0.1, -0.05) is 45.0 Å². The van der Waals surface area contributed by atoms with Gasteiger partial charge in [-0.25, -0.2) is 5.48 Å². The Balaban J connectivity index is 2.10. The topological polar surface area (TPSA) is 67.8 Å². The molecule has 170 valence electrons. The Bertz CT molecular complexity index is 813. The average Bonchev–Trinajstić information content (AvgIpc) is 2.80. The lowest BCUT2D eigenvalue weighted by Gasteiger charge is -2.34. The second-order valence-electron chi connectivity index (χ2n) is 7.98. The average molecular weight is 428 g/mol. The van der Waals surface area contributed by atoms with Crippen molar-refractivity contribution >= 4 is 5.91 Å². The third-order valence-corrected chi connectivity index (χ3v) is 5.99. The summed E-state index contributed by atoms with van der Waals surface area (Å²) in [5, 5.41) is 8.51. The van der Waals surface area contributed by atoms with Crippen LogP contribution in [0.4, 0.5) is 0 Å². The first-order chi connectivity index (χ1) is 15.0. The smallest absolute Gasteiger partial charge is 0.243 e. The molecule has 0 aliphatic carbocycles. The Labute approximate surface area is 186 Å². The van der Waals surface area contributed by atoms with Crippen molar-refractivity contribution in [1.29, 1.82) is 0 Å². The van der Waals surface area contributed by atoms with Gasteiger partial charge in [0.05, 0.1) is 13.2 Å². The highest BCUT2D eigenvalue weighted by molar-refractivity contribution is 5.74. The molecule has 0 saturated heterocycles. The molecule has 0 aliphatic heterocycles. The summed E-state index contributed by atoms with van der Waals surface area (Å²) in [5.74, 6) is 1.43. The van der Waals surface area contributed by atoms with Crippen molar-refractivity contribution in [2.24, 2.45) is 0 Å². The normalized spacial score (nSPS) is 11.3. The van der Waals surface area contributed by atoms with E-state index in [1.807, 2.05) is 12.1 Å². The van der Waals surface area contributed by atoms with Crippen molar-refractivity contribution in [3.8, 4) is 11.5 Å². The summed E-state index contributed by atoms with van der Waals surface area (Å²) in [6, 6.07) is 15.0. The Kier molecular flexibility index (Phi) is 9.86. The quantitative estimate of drug-likeness (QED) is 0.236. The number of carbonyl (C=O) groups is 1. The molecule has 0 aliphatic rings. The number of unbranched alkanes of at least 4 members (excludes halogenated alkanes) is 1. The molecule has 5 nitrogen and oxygen atoms in total. The van der Waals surface area contributed by atoms with Crippen LogP contribution >= 0.6 is 0 Å². The van der Waals surface area contributed by atoms with Gasteiger partial charge in [-0.3, -0.25) is 10.0 Å². The number of rotatable bonds is 13. The first kappa shape index (κ1) is 24.7. The fraction of sp³-hybridized carbons (Fsp3) is 0.500. The molecule has 0 unspecified atom stereocenters. The molecule has 31 heavy (non-hydrogen) atoms. The lowest BCUT2D eigenvalue weighted by atomic mass is 9.70. The summed E-state index contributed by atoms with van der Waals surface area (Å²) in [6.45, 7) is 10.0. The number of ether oxygens (including phenoxy) is 2. The molecule has 5 heteroatoms. The zero-order chi connectivity index (χ0) is 22.7. The number of amides is 1. The van der Waals surface area contributed by atoms with Gasteiger partial charge < -0.3 is 9.47 Å². The predicted molar refractivity (Wildman–Crippen MR) is 124 cm³/mol. The van der Waals surface area contributed by atoms with E-state index >= 15 is 0 Å². The van der Waals surface area contributed by atoms with Crippen molar-refractivity contribution in [2.75, 3.05) is 13.2 Å². The van der Waals surface area contributed by atoms with Crippen molar-refractivity contribution in [3.05, 3.63) is 59.2 Å². The maximum absolute atomic E-state index is 11.0. The largest absolute Gasteiger partial charge is 0.494 e. The van der Waals surface area contributed by atoms with Crippen molar-refractivity contribution in [2.45, 2.75) is 71.6 Å². The predicted octanol–water partition coefficient (Wildman–Crippen LogP) is 5.94. The van der Waals surface area contributed by atoms with Gasteiger partial charge in [0.2, 0.25) is 5.91 Å². The Morgan fingerprint density at radius 3 is 2.19 bits per heavy atom. The summed E-state index contributed by atoms with van der Waals surface area (Å²) in [5.41, 5.74) is 5.37. The van der Waals surface area contributed by atoms with Gasteiger partial charge in [-0.15, -0.1) is 0 Å². The molecule has 0 radical (unpaired) electrons. The highest BCUT2D eigenvalue weighted by Crippen LogP contribution is 2.40. The Morgan fingerprint density at radius 2 is 1.61 bits per heavy atom. The van der Waals surface area contributed by atoms with Crippen LogP contribution in [-0.2, 0) is 10.2 Å². The molecule has 2 aromatic rings. The van der Waals surface area contributed by atoms with Crippen LogP contribution in [0, 0.1) is 6.92 Å². The van der Waals surface area contributed by atoms with E-state index < -0.39 is 0 Å². The molecule has 2 N–H and O–H groups in total. The van der Waals surface area contributed by atoms with Gasteiger partial charge in [-0.2, -0.15) is 0 Å². The number of hydrogen-bond donors (Lipinski definition) is 2. The van der Waals surface area contributed by atoms with E-state index in [1.165, 1.54) is 16.7 Å². The van der Waals surface area contributed by atoms with Crippen LogP contribution in [0.2, 0.25) is 0 Å². The van der Waals surface area contributed by atoms with Gasteiger partial charge in [-0.05, 0) is 73.9 Å². The maximum Gasteiger partial charge on any atom is 0.243 e. The molecule has 0 heterocycles. The van der Waals surface area contributed by atoms with E-state index in [9.17, 15) is 4.79 Å². The Hall–Kier alpha value is -2.53. The van der Waals surface area contributed by atoms with Gasteiger partial charge in [0, 0.05) is 11.8 Å². The third kappa shape index (κ3) is 6.47. The van der Waals surface area contributed by atoms with Gasteiger partial charge in [0.25, 0.3) is 0 Å². The number of hydrogen-bond acceptors (Lipinski definition) is 4. The van der Waals surface area contributed by atoms with Crippen LogP contribution < -0.4 is 15.0 Å². The molecular weight excluding hydrogens is 390 g/mol. The van der Waals surface area contributed by atoms with Gasteiger partial charge in [0.15, 0.2) is 0 Å². The SMILES string of the molecule is CCCOc1ccc(C(CC)(CC)c2ccc(OCCCCC(=O)NO)cc2)cc1C. The fourth-order valence-corrected chi connectivity index (χ4v) is 4.06. The zero-order valence-corrected chi connectivity index (χ0v) is 19.4. The summed E-state index contributed by atoms with van der Waals surface area (Å²) in [7, 11) is 0. The van der Waals surface area contributed by atoms with Crippen molar-refractivity contribution in [1.82, 2.24) is 5.48 Å². The van der Waals surface area contributed by atoms with Crippen molar-refractivity contribution < 1.29 is 19.5 Å². The fourth-order valence-electron chi connectivity index (χ4n) is 4.06. The highest BCUT2D eigenvalue weighted by Gasteiger charge is 2.31. The summed E-state index contributed by atoms with van der Waals surface area (Å²) in [4.78, 5) is 11.0. The minimum atomic E-state index is -0.361. The summed E-state index contributed by atoms with van der Waals surface area (Å²) < 4.78 is 11.7. The molecule has 2 rings (SSSR count). The van der Waals surface area contributed by atoms with Crippen LogP contribution in [0.5, 0.6) is 11.5 Å². The minimum Gasteiger partial charge on any atom is -0.494 e. The third-order valence-electron chi connectivity index (χ3n) is 5.99. The number of carbonyl (C=O) groups excluding carboxylic acids is 1. The van der Waals surface area contributed by atoms with Crippen LogP contribution in [-0.4, -0.2) is 24.3 Å². The molecule has 0 aromatic heterocycles. The van der Waals surface area contributed by atoms with E-state index in [0.717, 1.165) is 43.8 Å². The first-order valence-corrected chi connectivity index (χ1v) is 11.4. The molecule has 0 fully saturated rings. The number of nitrogens with one attached hydrogen (secondary N) is 1. The van der Waals surface area contributed by atoms with E-state index in [-0.39, 0.29) is 11.3 Å². The molecule has 0 atom stereocenters. The summed E-state index contributed by atoms with van der Waals surface area (Å²) in [6.07, 6.45) is 4.75. The number of benzene rings is 2. The highest BCUT2D eigenvalue weighted by atomic mass is 16.5. The molecular formula is C26H37NO4. The maximum atomic E-state index is 11.0. The van der Waals surface area contributed by atoms with Crippen LogP contribution in [0.25, 0.3) is 0 Å². The van der Waals surface area contributed by atoms with E-state index in [0.29, 0.717) is 19.4 Å². The zero-order valence-electron chi connectivity index (χ0n) is 19.4. The minimum absolute atomic E-state index is 0.0514. The Morgan fingerprint density at radius 1 is 0.935 bits per heavy atom. The number of aryl methyl sites for hydroxylation is 1. The molecule has 2 aromatic carbocycles. The molecule has 0 bridgehead atoms. The monoisotopic (exact) mass is 427 g/mol. The molecule has 0 spiro atoms. The lowest BCUT2D eigenvalue weighted by Crippen LogP contribution is -2.26. The summed E-state index contributed by atoms with van der Waals surface area (Å²) >= 11 is 0. The van der Waals surface area contributed by atoms with Crippen LogP contribution in [0.15, 0.2) is 42.5 Å². The van der Waals surface area contributed by atoms with Crippen LogP contribution in [0.3, 0.4) is 0 Å². The standard InChI is InChI=1S/C26H37NO4/c1-5-17-31-24-16-13-22(19-20(24)4)26(6-2,7-3)21-11-14-23(15-12-21)30-18-9-8-10-25(28)27-29/h11-16,19,29H,5-10,17-18H2,1-4H3,(H,27,28). The molecule has 1 amide bonds. The van der Waals surface area contributed by atoms with Gasteiger partial charge in [0.1, 0.15) is 11.5 Å². The van der Waals surface area contributed by atoms with Crippen molar-refractivity contribution in [3.63, 3.8) is 0 Å². The number of hydroxylamine groups is 1.